The van der Waals surface area contributed by atoms with Gasteiger partial charge in [-0.2, -0.15) is 5.10 Å². The Labute approximate surface area is 105 Å². The molecule has 0 aliphatic carbocycles. The fourth-order valence-corrected chi connectivity index (χ4v) is 2.29. The number of fused-ring (bicyclic) bond motifs is 1. The molecule has 2 heterocycles. The van der Waals surface area contributed by atoms with Crippen molar-refractivity contribution in [3.63, 3.8) is 0 Å². The average Bonchev–Trinajstić information content (AvgIpc) is 2.73. The van der Waals surface area contributed by atoms with Crippen LogP contribution in [0.3, 0.4) is 0 Å². The van der Waals surface area contributed by atoms with Crippen LogP contribution in [0.4, 0.5) is 0 Å². The quantitative estimate of drug-likeness (QED) is 0.821. The Morgan fingerprint density at radius 1 is 1.39 bits per heavy atom. The molecule has 1 aliphatic rings. The molecule has 1 unspecified atom stereocenters. The minimum Gasteiger partial charge on any atom is -0.508 e. The van der Waals surface area contributed by atoms with Gasteiger partial charge in [0.25, 0.3) is 0 Å². The smallest absolute Gasteiger partial charge is 0.155 e. The van der Waals surface area contributed by atoms with Crippen molar-refractivity contribution < 1.29 is 5.11 Å². The highest BCUT2D eigenvalue weighted by Gasteiger charge is 2.19. The minimum absolute atomic E-state index is 0.194. The summed E-state index contributed by atoms with van der Waals surface area (Å²) in [6.45, 7) is 0.838. The van der Waals surface area contributed by atoms with E-state index in [1.54, 1.807) is 6.07 Å². The van der Waals surface area contributed by atoms with E-state index in [4.69, 9.17) is 5.73 Å². The number of aryl methyl sites for hydroxylation is 1. The molecule has 1 aliphatic heterocycles. The molecular formula is C13H16N4O. The predicted octanol–water partition coefficient (Wildman–Crippen LogP) is 0.848. The largest absolute Gasteiger partial charge is 0.508 e. The number of nitrogens with two attached hydrogens (primary N) is 1. The number of phenols is 1. The SMILES string of the molecule is NC1CCn2nc(Cc3ccccc3O)nc2C1. The molecule has 0 fully saturated rings. The first-order valence-corrected chi connectivity index (χ1v) is 6.17. The highest BCUT2D eigenvalue weighted by molar-refractivity contribution is 5.33. The van der Waals surface area contributed by atoms with Crippen molar-refractivity contribution in [3.05, 3.63) is 41.5 Å². The molecule has 3 N–H and O–H groups in total. The second kappa shape index (κ2) is 4.42. The molecule has 0 saturated carbocycles. The van der Waals surface area contributed by atoms with Crippen LogP contribution in [0.25, 0.3) is 0 Å². The van der Waals surface area contributed by atoms with Gasteiger partial charge in [-0.3, -0.25) is 0 Å². The van der Waals surface area contributed by atoms with Gasteiger partial charge >= 0.3 is 0 Å². The van der Waals surface area contributed by atoms with Gasteiger partial charge in [-0.25, -0.2) is 9.67 Å². The maximum atomic E-state index is 9.73. The van der Waals surface area contributed by atoms with Gasteiger partial charge in [-0.15, -0.1) is 0 Å². The van der Waals surface area contributed by atoms with Crippen molar-refractivity contribution in [2.45, 2.75) is 31.8 Å². The lowest BCUT2D eigenvalue weighted by atomic mass is 10.1. The number of hydrogen-bond acceptors (Lipinski definition) is 4. The normalized spacial score (nSPS) is 18.6. The molecule has 5 heteroatoms. The number of nitrogens with zero attached hydrogens (tertiary/aromatic N) is 3. The zero-order chi connectivity index (χ0) is 12.5. The van der Waals surface area contributed by atoms with E-state index in [0.717, 1.165) is 36.6 Å². The van der Waals surface area contributed by atoms with E-state index in [0.29, 0.717) is 12.2 Å². The van der Waals surface area contributed by atoms with Gasteiger partial charge in [0.1, 0.15) is 11.6 Å². The van der Waals surface area contributed by atoms with Crippen LogP contribution in [0.1, 0.15) is 23.6 Å². The summed E-state index contributed by atoms with van der Waals surface area (Å²) >= 11 is 0. The van der Waals surface area contributed by atoms with Crippen molar-refractivity contribution in [2.75, 3.05) is 0 Å². The third kappa shape index (κ3) is 2.09. The maximum absolute atomic E-state index is 9.73. The molecule has 0 amide bonds. The van der Waals surface area contributed by atoms with Crippen LogP contribution in [-0.2, 0) is 19.4 Å². The van der Waals surface area contributed by atoms with Crippen LogP contribution >= 0.6 is 0 Å². The second-order valence-electron chi connectivity index (χ2n) is 4.73. The summed E-state index contributed by atoms with van der Waals surface area (Å²) in [6, 6.07) is 7.48. The Kier molecular flexibility index (Phi) is 2.76. The highest BCUT2D eigenvalue weighted by Crippen LogP contribution is 2.19. The minimum atomic E-state index is 0.194. The van der Waals surface area contributed by atoms with E-state index in [1.807, 2.05) is 22.9 Å². The lowest BCUT2D eigenvalue weighted by molar-refractivity contribution is 0.432. The Balaban J connectivity index is 1.84. The van der Waals surface area contributed by atoms with Gasteiger partial charge in [0, 0.05) is 31.0 Å². The van der Waals surface area contributed by atoms with Gasteiger partial charge in [-0.05, 0) is 12.5 Å². The Morgan fingerprint density at radius 2 is 2.22 bits per heavy atom. The van der Waals surface area contributed by atoms with E-state index in [1.165, 1.54) is 0 Å². The standard InChI is InChI=1S/C13H16N4O/c14-10-5-6-17-13(8-10)15-12(16-17)7-9-3-1-2-4-11(9)18/h1-4,10,18H,5-8,14H2. The zero-order valence-electron chi connectivity index (χ0n) is 10.1. The van der Waals surface area contributed by atoms with Gasteiger partial charge < -0.3 is 10.8 Å². The lowest BCUT2D eigenvalue weighted by Gasteiger charge is -2.17. The molecule has 2 aromatic rings. The number of aromatic nitrogens is 3. The third-order valence-electron chi connectivity index (χ3n) is 3.29. The Hall–Kier alpha value is -1.88. The lowest BCUT2D eigenvalue weighted by Crippen LogP contribution is -2.31. The topological polar surface area (TPSA) is 77.0 Å². The number of para-hydroxylation sites is 1. The molecule has 0 bridgehead atoms. The molecule has 0 saturated heterocycles. The van der Waals surface area contributed by atoms with Crippen LogP contribution in [-0.4, -0.2) is 25.9 Å². The summed E-state index contributed by atoms with van der Waals surface area (Å²) in [5.74, 6) is 2.00. The van der Waals surface area contributed by atoms with E-state index < -0.39 is 0 Å². The van der Waals surface area contributed by atoms with E-state index >= 15 is 0 Å². The van der Waals surface area contributed by atoms with E-state index in [-0.39, 0.29) is 6.04 Å². The van der Waals surface area contributed by atoms with Crippen LogP contribution in [0.15, 0.2) is 24.3 Å². The summed E-state index contributed by atoms with van der Waals surface area (Å²) in [4.78, 5) is 4.50. The molecule has 0 spiro atoms. The Bertz CT molecular complexity index is 564. The number of hydrogen-bond donors (Lipinski definition) is 2. The average molecular weight is 244 g/mol. The van der Waals surface area contributed by atoms with Crippen molar-refractivity contribution in [3.8, 4) is 5.75 Å². The van der Waals surface area contributed by atoms with Gasteiger partial charge in [-0.1, -0.05) is 18.2 Å². The van der Waals surface area contributed by atoms with Crippen molar-refractivity contribution in [1.82, 2.24) is 14.8 Å². The van der Waals surface area contributed by atoms with Gasteiger partial charge in [0.15, 0.2) is 5.82 Å². The zero-order valence-corrected chi connectivity index (χ0v) is 10.1. The first-order valence-electron chi connectivity index (χ1n) is 6.17. The van der Waals surface area contributed by atoms with Crippen LogP contribution in [0.2, 0.25) is 0 Å². The number of rotatable bonds is 2. The summed E-state index contributed by atoms with van der Waals surface area (Å²) in [6.07, 6.45) is 2.29. The number of benzene rings is 1. The molecule has 1 aromatic heterocycles. The monoisotopic (exact) mass is 244 g/mol. The fraction of sp³-hybridized carbons (Fsp3) is 0.385. The van der Waals surface area contributed by atoms with Crippen LogP contribution in [0.5, 0.6) is 5.75 Å². The van der Waals surface area contributed by atoms with Gasteiger partial charge in [0.05, 0.1) is 0 Å². The van der Waals surface area contributed by atoms with Crippen molar-refractivity contribution >= 4 is 0 Å². The first kappa shape index (κ1) is 11.2. The fourth-order valence-electron chi connectivity index (χ4n) is 2.29. The van der Waals surface area contributed by atoms with E-state index in [9.17, 15) is 5.11 Å². The summed E-state index contributed by atoms with van der Waals surface area (Å²) in [7, 11) is 0. The summed E-state index contributed by atoms with van der Waals surface area (Å²) in [5, 5.41) is 14.2. The molecule has 5 nitrogen and oxygen atoms in total. The summed E-state index contributed by atoms with van der Waals surface area (Å²) in [5.41, 5.74) is 6.77. The molecule has 94 valence electrons. The predicted molar refractivity (Wildman–Crippen MR) is 67.2 cm³/mol. The summed E-state index contributed by atoms with van der Waals surface area (Å²) < 4.78 is 1.93. The van der Waals surface area contributed by atoms with Crippen LogP contribution in [0, 0.1) is 0 Å². The van der Waals surface area contributed by atoms with E-state index in [2.05, 4.69) is 10.1 Å². The van der Waals surface area contributed by atoms with Crippen molar-refractivity contribution in [1.29, 1.82) is 0 Å². The Morgan fingerprint density at radius 3 is 3.06 bits per heavy atom. The number of phenolic OH excluding ortho intramolecular Hbond substituents is 1. The molecule has 18 heavy (non-hydrogen) atoms. The second-order valence-corrected chi connectivity index (χ2v) is 4.73. The molecular weight excluding hydrogens is 228 g/mol. The molecule has 0 radical (unpaired) electrons. The number of aromatic hydroxyl groups is 1. The van der Waals surface area contributed by atoms with Crippen LogP contribution < -0.4 is 5.73 Å². The highest BCUT2D eigenvalue weighted by atomic mass is 16.3. The molecule has 3 rings (SSSR count). The molecule has 1 atom stereocenters. The van der Waals surface area contributed by atoms with Gasteiger partial charge in [0.2, 0.25) is 0 Å². The maximum Gasteiger partial charge on any atom is 0.155 e. The van der Waals surface area contributed by atoms with Crippen molar-refractivity contribution in [2.24, 2.45) is 5.73 Å². The first-order chi connectivity index (χ1) is 8.72. The third-order valence-corrected chi connectivity index (χ3v) is 3.29. The molecule has 1 aromatic carbocycles.